The zero-order valence-electron chi connectivity index (χ0n) is 11.0. The van der Waals surface area contributed by atoms with Crippen LogP contribution in [0.25, 0.3) is 0 Å². The van der Waals surface area contributed by atoms with Crippen molar-refractivity contribution in [3.8, 4) is 0 Å². The third-order valence-electron chi connectivity index (χ3n) is 3.83. The Morgan fingerprint density at radius 2 is 1.94 bits per heavy atom. The third kappa shape index (κ3) is 4.84. The molecule has 0 aromatic heterocycles. The third-order valence-corrected chi connectivity index (χ3v) is 3.83. The standard InChI is InChI=1S/C14H29NO/c1-3-5-9-12(4-2)15-13-10-7-6-8-11-14(13)16/h12-16H,3-11H2,1-2H3. The summed E-state index contributed by atoms with van der Waals surface area (Å²) in [5.74, 6) is 0. The molecule has 1 aliphatic carbocycles. The number of unbranched alkanes of at least 4 members (excludes halogenated alkanes) is 1. The lowest BCUT2D eigenvalue weighted by atomic mass is 10.0. The maximum absolute atomic E-state index is 10.1. The minimum Gasteiger partial charge on any atom is -0.392 e. The van der Waals surface area contributed by atoms with E-state index in [1.54, 1.807) is 0 Å². The summed E-state index contributed by atoms with van der Waals surface area (Å²) in [5, 5.41) is 13.7. The Hall–Kier alpha value is -0.0800. The molecular formula is C14H29NO. The smallest absolute Gasteiger partial charge is 0.0693 e. The highest BCUT2D eigenvalue weighted by molar-refractivity contribution is 4.82. The molecule has 0 heterocycles. The maximum Gasteiger partial charge on any atom is 0.0693 e. The summed E-state index contributed by atoms with van der Waals surface area (Å²) < 4.78 is 0. The molecule has 3 unspecified atom stereocenters. The summed E-state index contributed by atoms with van der Waals surface area (Å²) in [6.07, 6.45) is 10.8. The van der Waals surface area contributed by atoms with Gasteiger partial charge in [-0.05, 0) is 25.7 Å². The molecule has 0 aromatic carbocycles. The number of hydrogen-bond donors (Lipinski definition) is 2. The topological polar surface area (TPSA) is 32.3 Å². The highest BCUT2D eigenvalue weighted by Gasteiger charge is 2.23. The molecule has 1 rings (SSSR count). The van der Waals surface area contributed by atoms with Crippen molar-refractivity contribution in [1.29, 1.82) is 0 Å². The van der Waals surface area contributed by atoms with Gasteiger partial charge in [0.15, 0.2) is 0 Å². The summed E-state index contributed by atoms with van der Waals surface area (Å²) in [7, 11) is 0. The predicted molar refractivity (Wildman–Crippen MR) is 69.6 cm³/mol. The van der Waals surface area contributed by atoms with Crippen molar-refractivity contribution in [2.45, 2.75) is 89.8 Å². The van der Waals surface area contributed by atoms with Crippen LogP contribution in [0.4, 0.5) is 0 Å². The zero-order chi connectivity index (χ0) is 11.8. The van der Waals surface area contributed by atoms with Gasteiger partial charge in [0.25, 0.3) is 0 Å². The molecule has 16 heavy (non-hydrogen) atoms. The van der Waals surface area contributed by atoms with Gasteiger partial charge in [-0.15, -0.1) is 0 Å². The Morgan fingerprint density at radius 1 is 1.19 bits per heavy atom. The summed E-state index contributed by atoms with van der Waals surface area (Å²) in [6.45, 7) is 4.49. The van der Waals surface area contributed by atoms with Crippen LogP contribution in [0.3, 0.4) is 0 Å². The second-order valence-corrected chi connectivity index (χ2v) is 5.23. The zero-order valence-corrected chi connectivity index (χ0v) is 11.0. The fourth-order valence-electron chi connectivity index (χ4n) is 2.64. The van der Waals surface area contributed by atoms with Crippen LogP contribution in [0.1, 0.15) is 71.6 Å². The lowest BCUT2D eigenvalue weighted by Gasteiger charge is -2.27. The van der Waals surface area contributed by atoms with Crippen molar-refractivity contribution < 1.29 is 5.11 Å². The Bertz CT molecular complexity index is 172. The Labute approximate surface area is 101 Å². The summed E-state index contributed by atoms with van der Waals surface area (Å²) in [6, 6.07) is 0.960. The van der Waals surface area contributed by atoms with Crippen LogP contribution in [0.2, 0.25) is 0 Å². The predicted octanol–water partition coefficient (Wildman–Crippen LogP) is 3.24. The molecule has 2 N–H and O–H groups in total. The van der Waals surface area contributed by atoms with Gasteiger partial charge in [0.1, 0.15) is 0 Å². The molecule has 0 bridgehead atoms. The van der Waals surface area contributed by atoms with Gasteiger partial charge in [0.2, 0.25) is 0 Å². The van der Waals surface area contributed by atoms with Crippen LogP contribution in [-0.2, 0) is 0 Å². The van der Waals surface area contributed by atoms with Crippen molar-refractivity contribution >= 4 is 0 Å². The van der Waals surface area contributed by atoms with Crippen molar-refractivity contribution in [2.24, 2.45) is 0 Å². The molecule has 0 amide bonds. The van der Waals surface area contributed by atoms with Gasteiger partial charge in [-0.25, -0.2) is 0 Å². The van der Waals surface area contributed by atoms with Crippen molar-refractivity contribution in [2.75, 3.05) is 0 Å². The van der Waals surface area contributed by atoms with E-state index in [9.17, 15) is 5.11 Å². The van der Waals surface area contributed by atoms with Crippen LogP contribution in [0.15, 0.2) is 0 Å². The lowest BCUT2D eigenvalue weighted by Crippen LogP contribution is -2.44. The van der Waals surface area contributed by atoms with Gasteiger partial charge in [-0.1, -0.05) is 46.0 Å². The van der Waals surface area contributed by atoms with Gasteiger partial charge in [0, 0.05) is 12.1 Å². The number of aliphatic hydroxyl groups excluding tert-OH is 1. The van der Waals surface area contributed by atoms with Crippen LogP contribution in [0.5, 0.6) is 0 Å². The summed E-state index contributed by atoms with van der Waals surface area (Å²) >= 11 is 0. The monoisotopic (exact) mass is 227 g/mol. The fourth-order valence-corrected chi connectivity index (χ4v) is 2.64. The van der Waals surface area contributed by atoms with E-state index >= 15 is 0 Å². The van der Waals surface area contributed by atoms with E-state index in [2.05, 4.69) is 19.2 Å². The molecule has 1 saturated carbocycles. The van der Waals surface area contributed by atoms with Crippen molar-refractivity contribution in [1.82, 2.24) is 5.32 Å². The highest BCUT2D eigenvalue weighted by Crippen LogP contribution is 2.19. The van der Waals surface area contributed by atoms with Crippen LogP contribution < -0.4 is 5.32 Å². The van der Waals surface area contributed by atoms with Crippen molar-refractivity contribution in [3.63, 3.8) is 0 Å². The fraction of sp³-hybridized carbons (Fsp3) is 1.00. The van der Waals surface area contributed by atoms with Crippen LogP contribution in [0, 0.1) is 0 Å². The number of nitrogens with one attached hydrogen (secondary N) is 1. The number of rotatable bonds is 6. The molecule has 96 valence electrons. The van der Waals surface area contributed by atoms with Crippen LogP contribution in [-0.4, -0.2) is 23.3 Å². The van der Waals surface area contributed by atoms with Gasteiger partial charge >= 0.3 is 0 Å². The summed E-state index contributed by atoms with van der Waals surface area (Å²) in [5.41, 5.74) is 0. The Kier molecular flexibility index (Phi) is 7.06. The minimum absolute atomic E-state index is 0.113. The molecule has 0 spiro atoms. The molecule has 3 atom stereocenters. The highest BCUT2D eigenvalue weighted by atomic mass is 16.3. The number of aliphatic hydroxyl groups is 1. The molecule has 2 nitrogen and oxygen atoms in total. The summed E-state index contributed by atoms with van der Waals surface area (Å²) in [4.78, 5) is 0. The number of hydrogen-bond acceptors (Lipinski definition) is 2. The first-order chi connectivity index (χ1) is 7.77. The Morgan fingerprint density at radius 3 is 2.62 bits per heavy atom. The first-order valence-electron chi connectivity index (χ1n) is 7.22. The van der Waals surface area contributed by atoms with Gasteiger partial charge in [-0.2, -0.15) is 0 Å². The second kappa shape index (κ2) is 8.08. The SMILES string of the molecule is CCCCC(CC)NC1CCCCCC1O. The molecule has 0 aliphatic heterocycles. The molecule has 1 fully saturated rings. The normalized spacial score (nSPS) is 28.7. The van der Waals surface area contributed by atoms with E-state index in [1.165, 1.54) is 44.9 Å². The van der Waals surface area contributed by atoms with E-state index in [1.807, 2.05) is 0 Å². The minimum atomic E-state index is -0.113. The van der Waals surface area contributed by atoms with E-state index in [-0.39, 0.29) is 6.10 Å². The van der Waals surface area contributed by atoms with Gasteiger partial charge < -0.3 is 10.4 Å². The lowest BCUT2D eigenvalue weighted by molar-refractivity contribution is 0.112. The average molecular weight is 227 g/mol. The first-order valence-corrected chi connectivity index (χ1v) is 7.22. The first kappa shape index (κ1) is 14.0. The second-order valence-electron chi connectivity index (χ2n) is 5.23. The molecule has 0 aromatic rings. The molecule has 0 saturated heterocycles. The maximum atomic E-state index is 10.1. The van der Waals surface area contributed by atoms with Crippen LogP contribution >= 0.6 is 0 Å². The molecule has 2 heteroatoms. The van der Waals surface area contributed by atoms with Gasteiger partial charge in [0.05, 0.1) is 6.10 Å². The molecular weight excluding hydrogens is 198 g/mol. The molecule has 1 aliphatic rings. The van der Waals surface area contributed by atoms with Crippen molar-refractivity contribution in [3.05, 3.63) is 0 Å². The van der Waals surface area contributed by atoms with E-state index < -0.39 is 0 Å². The van der Waals surface area contributed by atoms with E-state index in [4.69, 9.17) is 0 Å². The quantitative estimate of drug-likeness (QED) is 0.683. The molecule has 0 radical (unpaired) electrons. The van der Waals surface area contributed by atoms with Gasteiger partial charge in [-0.3, -0.25) is 0 Å². The largest absolute Gasteiger partial charge is 0.392 e. The Balaban J connectivity index is 2.35. The average Bonchev–Trinajstić information content (AvgIpc) is 2.50. The van der Waals surface area contributed by atoms with E-state index in [0.717, 1.165) is 12.8 Å². The van der Waals surface area contributed by atoms with E-state index in [0.29, 0.717) is 12.1 Å².